The molecule has 0 bridgehead atoms. The van der Waals surface area contributed by atoms with Gasteiger partial charge in [-0.25, -0.2) is 9.59 Å². The van der Waals surface area contributed by atoms with E-state index in [9.17, 15) is 14.4 Å². The first-order valence-corrected chi connectivity index (χ1v) is 15.5. The molecule has 226 valence electrons. The molecule has 1 atom stereocenters. The van der Waals surface area contributed by atoms with Crippen LogP contribution in [0.15, 0.2) is 84.4 Å². The van der Waals surface area contributed by atoms with Crippen molar-refractivity contribution < 1.29 is 19.1 Å². The minimum absolute atomic E-state index is 0.202. The van der Waals surface area contributed by atoms with Gasteiger partial charge in [-0.2, -0.15) is 0 Å². The van der Waals surface area contributed by atoms with Gasteiger partial charge in [-0.15, -0.1) is 0 Å². The molecule has 0 saturated carbocycles. The number of ether oxygens (including phenoxy) is 1. The van der Waals surface area contributed by atoms with Gasteiger partial charge in [-0.1, -0.05) is 94.1 Å². The van der Waals surface area contributed by atoms with Gasteiger partial charge in [0.05, 0.1) is 23.9 Å². The fraction of sp³-hybridized carbons (Fsp3) is 0.361. The maximum absolute atomic E-state index is 13.5. The second-order valence-electron chi connectivity index (χ2n) is 10.8. The Kier molecular flexibility index (Phi) is 11.5. The number of hydrogen-bond acceptors (Lipinski definition) is 4. The number of nitrogens with zero attached hydrogens (tertiary/aromatic N) is 1. The molecule has 1 aliphatic heterocycles. The summed E-state index contributed by atoms with van der Waals surface area (Å²) in [7, 11) is 0. The highest BCUT2D eigenvalue weighted by atomic mass is 16.5. The third-order valence-corrected chi connectivity index (χ3v) is 7.62. The maximum Gasteiger partial charge on any atom is 0.338 e. The summed E-state index contributed by atoms with van der Waals surface area (Å²) in [6, 6.07) is 23.4. The van der Waals surface area contributed by atoms with Crippen LogP contribution in [0.3, 0.4) is 0 Å². The summed E-state index contributed by atoms with van der Waals surface area (Å²) in [6.07, 6.45) is 7.50. The summed E-state index contributed by atoms with van der Waals surface area (Å²) >= 11 is 0. The minimum Gasteiger partial charge on any atom is -0.463 e. The van der Waals surface area contributed by atoms with Crippen LogP contribution in [0.1, 0.15) is 92.4 Å². The molecule has 0 radical (unpaired) electrons. The average molecular weight is 582 g/mol. The topological polar surface area (TPSA) is 87.7 Å². The minimum atomic E-state index is -0.761. The van der Waals surface area contributed by atoms with Crippen molar-refractivity contribution in [3.05, 3.63) is 107 Å². The Labute approximate surface area is 255 Å². The Hall–Kier alpha value is -4.39. The number of amides is 3. The third-order valence-electron chi connectivity index (χ3n) is 7.62. The van der Waals surface area contributed by atoms with E-state index in [1.54, 1.807) is 24.0 Å². The molecule has 0 spiro atoms. The summed E-state index contributed by atoms with van der Waals surface area (Å²) < 4.78 is 5.53. The first-order valence-electron chi connectivity index (χ1n) is 15.5. The number of rotatable bonds is 14. The highest BCUT2D eigenvalue weighted by molar-refractivity contribution is 6.06. The van der Waals surface area contributed by atoms with Crippen LogP contribution < -0.4 is 10.6 Å². The SMILES string of the molecule is CCCCCCc1ccc(C(=O)Nc2cccc(C3NC(=O)N(CCCC)C(c4ccccc4)=C3C(=O)OCC)c2)cc1. The number of carbonyl (C=O) groups is 3. The van der Waals surface area contributed by atoms with Crippen LogP contribution >= 0.6 is 0 Å². The molecule has 0 aliphatic carbocycles. The zero-order chi connectivity index (χ0) is 30.6. The van der Waals surface area contributed by atoms with Crippen molar-refractivity contribution in [1.29, 1.82) is 0 Å². The molecule has 1 heterocycles. The fourth-order valence-electron chi connectivity index (χ4n) is 5.35. The molecule has 1 unspecified atom stereocenters. The molecule has 2 N–H and O–H groups in total. The van der Waals surface area contributed by atoms with Crippen LogP contribution in [0.2, 0.25) is 0 Å². The molecule has 43 heavy (non-hydrogen) atoms. The lowest BCUT2D eigenvalue weighted by Crippen LogP contribution is -2.48. The third kappa shape index (κ3) is 8.13. The Bertz CT molecular complexity index is 1420. The number of urea groups is 1. The molecule has 3 amide bonds. The van der Waals surface area contributed by atoms with Crippen molar-refractivity contribution in [2.45, 2.75) is 71.8 Å². The number of esters is 1. The van der Waals surface area contributed by atoms with Gasteiger partial charge in [0.25, 0.3) is 5.91 Å². The number of carbonyl (C=O) groups excluding carboxylic acids is 3. The van der Waals surface area contributed by atoms with E-state index in [0.717, 1.165) is 31.2 Å². The van der Waals surface area contributed by atoms with Crippen molar-refractivity contribution in [1.82, 2.24) is 10.2 Å². The smallest absolute Gasteiger partial charge is 0.338 e. The lowest BCUT2D eigenvalue weighted by Gasteiger charge is -2.37. The largest absolute Gasteiger partial charge is 0.463 e. The van der Waals surface area contributed by atoms with Crippen molar-refractivity contribution in [2.75, 3.05) is 18.5 Å². The summed E-state index contributed by atoms with van der Waals surface area (Å²) in [4.78, 5) is 41.8. The van der Waals surface area contributed by atoms with E-state index in [4.69, 9.17) is 4.74 Å². The number of aryl methyl sites for hydroxylation is 1. The molecule has 3 aromatic rings. The molecular formula is C36H43N3O4. The lowest BCUT2D eigenvalue weighted by molar-refractivity contribution is -0.138. The fourth-order valence-corrected chi connectivity index (χ4v) is 5.35. The molecule has 1 aliphatic rings. The van der Waals surface area contributed by atoms with Crippen LogP contribution in [0.4, 0.5) is 10.5 Å². The normalized spacial score (nSPS) is 14.8. The molecule has 7 nitrogen and oxygen atoms in total. The quantitative estimate of drug-likeness (QED) is 0.150. The number of anilines is 1. The Balaban J connectivity index is 1.63. The molecule has 0 fully saturated rings. The van der Waals surface area contributed by atoms with Gasteiger partial charge in [-0.3, -0.25) is 9.69 Å². The van der Waals surface area contributed by atoms with Crippen molar-refractivity contribution >= 4 is 29.3 Å². The summed E-state index contributed by atoms with van der Waals surface area (Å²) in [5.74, 6) is -0.712. The number of hydrogen-bond donors (Lipinski definition) is 2. The monoisotopic (exact) mass is 581 g/mol. The summed E-state index contributed by atoms with van der Waals surface area (Å²) in [6.45, 7) is 6.70. The van der Waals surface area contributed by atoms with Gasteiger partial charge in [0.2, 0.25) is 0 Å². The number of nitrogens with one attached hydrogen (secondary N) is 2. The molecule has 0 aromatic heterocycles. The average Bonchev–Trinajstić information content (AvgIpc) is 3.03. The van der Waals surface area contributed by atoms with Crippen LogP contribution in [0, 0.1) is 0 Å². The first-order chi connectivity index (χ1) is 21.0. The molecular weight excluding hydrogens is 538 g/mol. The van der Waals surface area contributed by atoms with Crippen molar-refractivity contribution in [2.24, 2.45) is 0 Å². The summed E-state index contributed by atoms with van der Waals surface area (Å²) in [5, 5.41) is 6.02. The Morgan fingerprint density at radius 1 is 0.860 bits per heavy atom. The highest BCUT2D eigenvalue weighted by Crippen LogP contribution is 2.37. The van der Waals surface area contributed by atoms with Gasteiger partial charge in [0, 0.05) is 17.8 Å². The van der Waals surface area contributed by atoms with Gasteiger partial charge in [0.1, 0.15) is 0 Å². The standard InChI is InChI=1S/C36H43N3O4/c1-4-7-9-11-15-26-20-22-28(23-21-26)34(40)37-30-19-14-18-29(25-30)32-31(35(41)43-6-3)33(27-16-12-10-13-17-27)39(24-8-5-2)36(42)38-32/h10,12-14,16-23,25,32H,4-9,11,15,24H2,1-3H3,(H,37,40)(H,38,42). The zero-order valence-corrected chi connectivity index (χ0v) is 25.5. The Morgan fingerprint density at radius 3 is 2.30 bits per heavy atom. The maximum atomic E-state index is 13.5. The first kappa shape index (κ1) is 31.5. The Morgan fingerprint density at radius 2 is 1.60 bits per heavy atom. The van der Waals surface area contributed by atoms with Gasteiger partial charge in [0.15, 0.2) is 0 Å². The number of benzene rings is 3. The van der Waals surface area contributed by atoms with Crippen LogP contribution in [-0.4, -0.2) is 36.0 Å². The zero-order valence-electron chi connectivity index (χ0n) is 25.5. The van der Waals surface area contributed by atoms with Crippen LogP contribution in [0.25, 0.3) is 5.70 Å². The predicted molar refractivity (Wildman–Crippen MR) is 172 cm³/mol. The highest BCUT2D eigenvalue weighted by Gasteiger charge is 2.38. The van der Waals surface area contributed by atoms with E-state index in [1.165, 1.54) is 24.8 Å². The van der Waals surface area contributed by atoms with E-state index in [0.29, 0.717) is 34.6 Å². The molecule has 0 saturated heterocycles. The van der Waals surface area contributed by atoms with Crippen LogP contribution in [-0.2, 0) is 16.0 Å². The number of unbranched alkanes of at least 4 members (excludes halogenated alkanes) is 4. The second-order valence-corrected chi connectivity index (χ2v) is 10.8. The van der Waals surface area contributed by atoms with Gasteiger partial charge < -0.3 is 15.4 Å². The predicted octanol–water partition coefficient (Wildman–Crippen LogP) is 7.90. The van der Waals surface area contributed by atoms with E-state index < -0.39 is 12.0 Å². The molecule has 4 rings (SSSR count). The van der Waals surface area contributed by atoms with E-state index >= 15 is 0 Å². The van der Waals surface area contributed by atoms with Gasteiger partial charge >= 0.3 is 12.0 Å². The van der Waals surface area contributed by atoms with Crippen molar-refractivity contribution in [3.8, 4) is 0 Å². The molecule has 7 heteroatoms. The van der Waals surface area contributed by atoms with E-state index in [2.05, 4.69) is 24.5 Å². The van der Waals surface area contributed by atoms with Crippen LogP contribution in [0.5, 0.6) is 0 Å². The van der Waals surface area contributed by atoms with E-state index in [1.807, 2.05) is 66.7 Å². The second kappa shape index (κ2) is 15.7. The van der Waals surface area contributed by atoms with Gasteiger partial charge in [-0.05, 0) is 67.1 Å². The lowest BCUT2D eigenvalue weighted by atomic mass is 9.91. The summed E-state index contributed by atoms with van der Waals surface area (Å²) in [5.41, 5.74) is 4.70. The van der Waals surface area contributed by atoms with E-state index in [-0.39, 0.29) is 18.5 Å². The molecule has 3 aromatic carbocycles. The van der Waals surface area contributed by atoms with Crippen molar-refractivity contribution in [3.63, 3.8) is 0 Å².